The minimum Gasteiger partial charge on any atom is -0.508 e. The SMILES string of the molecule is NN1CNN=C1c1ccc(O)cc1. The number of nitrogens with one attached hydrogen (secondary N) is 1. The minimum absolute atomic E-state index is 0.235. The van der Waals surface area contributed by atoms with Gasteiger partial charge in [-0.25, -0.2) is 5.84 Å². The van der Waals surface area contributed by atoms with Gasteiger partial charge in [0.1, 0.15) is 12.4 Å². The Morgan fingerprint density at radius 2 is 2.08 bits per heavy atom. The fourth-order valence-electron chi connectivity index (χ4n) is 1.17. The topological polar surface area (TPSA) is 73.9 Å². The van der Waals surface area contributed by atoms with Crippen LogP contribution in [0.25, 0.3) is 0 Å². The van der Waals surface area contributed by atoms with Crippen molar-refractivity contribution < 1.29 is 5.11 Å². The van der Waals surface area contributed by atoms with Crippen LogP contribution in [0.1, 0.15) is 5.56 Å². The average molecular weight is 178 g/mol. The summed E-state index contributed by atoms with van der Waals surface area (Å²) in [4.78, 5) is 0. The Labute approximate surface area is 75.4 Å². The van der Waals surface area contributed by atoms with Gasteiger partial charge in [-0.3, -0.25) is 10.4 Å². The van der Waals surface area contributed by atoms with Crippen LogP contribution in [0, 0.1) is 0 Å². The zero-order valence-electron chi connectivity index (χ0n) is 6.94. The van der Waals surface area contributed by atoms with Crippen molar-refractivity contribution in [3.8, 4) is 5.75 Å². The maximum absolute atomic E-state index is 9.07. The molecule has 0 atom stereocenters. The number of phenols is 1. The van der Waals surface area contributed by atoms with Gasteiger partial charge < -0.3 is 5.11 Å². The molecule has 1 aliphatic rings. The van der Waals surface area contributed by atoms with Gasteiger partial charge in [-0.1, -0.05) is 0 Å². The molecule has 0 saturated carbocycles. The van der Waals surface area contributed by atoms with Gasteiger partial charge in [0.15, 0.2) is 5.84 Å². The Bertz CT molecular complexity index is 333. The fraction of sp³-hybridized carbons (Fsp3) is 0.125. The Morgan fingerprint density at radius 3 is 2.62 bits per heavy atom. The molecule has 2 rings (SSSR count). The summed E-state index contributed by atoms with van der Waals surface area (Å²) >= 11 is 0. The van der Waals surface area contributed by atoms with Crippen molar-refractivity contribution >= 4 is 5.84 Å². The van der Waals surface area contributed by atoms with Gasteiger partial charge in [-0.05, 0) is 24.3 Å². The zero-order valence-corrected chi connectivity index (χ0v) is 6.94. The molecule has 0 spiro atoms. The summed E-state index contributed by atoms with van der Waals surface area (Å²) in [5, 5.41) is 14.6. The summed E-state index contributed by atoms with van der Waals surface area (Å²) in [6.45, 7) is 0.510. The van der Waals surface area contributed by atoms with E-state index in [-0.39, 0.29) is 5.75 Å². The van der Waals surface area contributed by atoms with Gasteiger partial charge in [0, 0.05) is 5.56 Å². The number of amidine groups is 1. The van der Waals surface area contributed by atoms with Crippen LogP contribution in [0.5, 0.6) is 5.75 Å². The van der Waals surface area contributed by atoms with E-state index in [1.807, 2.05) is 0 Å². The number of rotatable bonds is 1. The predicted octanol–water partition coefficient (Wildman–Crippen LogP) is -0.210. The summed E-state index contributed by atoms with van der Waals surface area (Å²) in [5.74, 6) is 6.54. The number of benzene rings is 1. The first-order valence-corrected chi connectivity index (χ1v) is 3.89. The third-order valence-corrected chi connectivity index (χ3v) is 1.82. The number of hydrogen-bond donors (Lipinski definition) is 3. The van der Waals surface area contributed by atoms with Gasteiger partial charge in [0.2, 0.25) is 0 Å². The summed E-state index contributed by atoms with van der Waals surface area (Å²) in [5.41, 5.74) is 3.64. The van der Waals surface area contributed by atoms with Crippen LogP contribution in [-0.4, -0.2) is 22.6 Å². The molecular weight excluding hydrogens is 168 g/mol. The van der Waals surface area contributed by atoms with E-state index in [0.717, 1.165) is 5.56 Å². The van der Waals surface area contributed by atoms with Gasteiger partial charge >= 0.3 is 0 Å². The first-order valence-electron chi connectivity index (χ1n) is 3.89. The van der Waals surface area contributed by atoms with Gasteiger partial charge in [-0.15, -0.1) is 0 Å². The fourth-order valence-corrected chi connectivity index (χ4v) is 1.17. The molecule has 68 valence electrons. The van der Waals surface area contributed by atoms with Crippen LogP contribution in [0.3, 0.4) is 0 Å². The zero-order chi connectivity index (χ0) is 9.26. The lowest BCUT2D eigenvalue weighted by atomic mass is 10.2. The van der Waals surface area contributed by atoms with Crippen molar-refractivity contribution in [3.05, 3.63) is 29.8 Å². The predicted molar refractivity (Wildman–Crippen MR) is 48.7 cm³/mol. The normalized spacial score (nSPS) is 15.5. The molecule has 1 aromatic rings. The molecule has 5 nitrogen and oxygen atoms in total. The molecule has 0 aliphatic carbocycles. The van der Waals surface area contributed by atoms with Gasteiger partial charge in [-0.2, -0.15) is 5.10 Å². The Morgan fingerprint density at radius 1 is 1.38 bits per heavy atom. The molecule has 1 aliphatic heterocycles. The summed E-state index contributed by atoms with van der Waals surface area (Å²) in [6, 6.07) is 6.73. The van der Waals surface area contributed by atoms with Crippen LogP contribution >= 0.6 is 0 Å². The Hall–Kier alpha value is -1.75. The van der Waals surface area contributed by atoms with Crippen molar-refractivity contribution in [2.24, 2.45) is 10.9 Å². The number of hydrogen-bond acceptors (Lipinski definition) is 5. The van der Waals surface area contributed by atoms with Crippen LogP contribution in [0.15, 0.2) is 29.4 Å². The quantitative estimate of drug-likeness (QED) is 0.520. The molecule has 0 unspecified atom stereocenters. The summed E-state index contributed by atoms with van der Waals surface area (Å²) < 4.78 is 0. The molecule has 1 aromatic carbocycles. The maximum Gasteiger partial charge on any atom is 0.171 e. The highest BCUT2D eigenvalue weighted by Crippen LogP contribution is 2.12. The number of hydrazone groups is 1. The second-order valence-corrected chi connectivity index (χ2v) is 2.77. The van der Waals surface area contributed by atoms with Crippen LogP contribution in [0.2, 0.25) is 0 Å². The highest BCUT2D eigenvalue weighted by molar-refractivity contribution is 5.99. The Kier molecular flexibility index (Phi) is 1.79. The third kappa shape index (κ3) is 1.41. The Balaban J connectivity index is 2.30. The molecule has 0 amide bonds. The standard InChI is InChI=1S/C8H10N4O/c9-12-5-10-11-8(12)6-1-3-7(13)4-2-6/h1-4,10,13H,5,9H2. The minimum atomic E-state index is 0.235. The van der Waals surface area contributed by atoms with Crippen molar-refractivity contribution in [1.29, 1.82) is 0 Å². The van der Waals surface area contributed by atoms with E-state index < -0.39 is 0 Å². The monoisotopic (exact) mass is 178 g/mol. The number of nitrogens with zero attached hydrogens (tertiary/aromatic N) is 2. The van der Waals surface area contributed by atoms with E-state index in [0.29, 0.717) is 12.5 Å². The lowest BCUT2D eigenvalue weighted by Crippen LogP contribution is -2.36. The second-order valence-electron chi connectivity index (χ2n) is 2.77. The largest absolute Gasteiger partial charge is 0.508 e. The molecule has 4 N–H and O–H groups in total. The van der Waals surface area contributed by atoms with E-state index in [9.17, 15) is 0 Å². The van der Waals surface area contributed by atoms with Gasteiger partial charge in [0.25, 0.3) is 0 Å². The third-order valence-electron chi connectivity index (χ3n) is 1.82. The number of phenolic OH excluding ortho intramolecular Hbond substituents is 1. The highest BCUT2D eigenvalue weighted by atomic mass is 16.3. The van der Waals surface area contributed by atoms with E-state index in [2.05, 4.69) is 10.5 Å². The van der Waals surface area contributed by atoms with Crippen molar-refractivity contribution in [1.82, 2.24) is 10.4 Å². The summed E-state index contributed by atoms with van der Waals surface area (Å²) in [6.07, 6.45) is 0. The molecule has 13 heavy (non-hydrogen) atoms. The molecule has 0 aromatic heterocycles. The van der Waals surface area contributed by atoms with Crippen molar-refractivity contribution in [2.75, 3.05) is 6.67 Å². The van der Waals surface area contributed by atoms with Crippen molar-refractivity contribution in [3.63, 3.8) is 0 Å². The lowest BCUT2D eigenvalue weighted by Gasteiger charge is -2.11. The lowest BCUT2D eigenvalue weighted by molar-refractivity contribution is 0.446. The molecule has 0 saturated heterocycles. The molecule has 0 radical (unpaired) electrons. The maximum atomic E-state index is 9.07. The first-order chi connectivity index (χ1) is 6.27. The van der Waals surface area contributed by atoms with Crippen molar-refractivity contribution in [2.45, 2.75) is 0 Å². The average Bonchev–Trinajstić information content (AvgIpc) is 2.53. The van der Waals surface area contributed by atoms with E-state index >= 15 is 0 Å². The molecule has 5 heteroatoms. The molecule has 0 fully saturated rings. The summed E-state index contributed by atoms with van der Waals surface area (Å²) in [7, 11) is 0. The van der Waals surface area contributed by atoms with E-state index in [1.54, 1.807) is 24.3 Å². The van der Waals surface area contributed by atoms with Crippen LogP contribution < -0.4 is 11.3 Å². The highest BCUT2D eigenvalue weighted by Gasteiger charge is 2.14. The molecule has 0 bridgehead atoms. The van der Waals surface area contributed by atoms with Crippen LogP contribution in [0.4, 0.5) is 0 Å². The smallest absolute Gasteiger partial charge is 0.171 e. The molecular formula is C8H10N4O. The van der Waals surface area contributed by atoms with E-state index in [1.165, 1.54) is 5.01 Å². The first kappa shape index (κ1) is 7.88. The van der Waals surface area contributed by atoms with E-state index in [4.69, 9.17) is 10.9 Å². The van der Waals surface area contributed by atoms with Crippen LogP contribution in [-0.2, 0) is 0 Å². The number of nitrogens with two attached hydrogens (primary N) is 1. The molecule has 1 heterocycles. The number of hydrazine groups is 1. The number of aromatic hydroxyl groups is 1. The second kappa shape index (κ2) is 2.95. The van der Waals surface area contributed by atoms with Gasteiger partial charge in [0.05, 0.1) is 0 Å².